The molecule has 11 nitrogen and oxygen atoms in total. The van der Waals surface area contributed by atoms with Gasteiger partial charge in [-0.1, -0.05) is 55.6 Å². The number of nitrogens with one attached hydrogen (secondary N) is 1. The van der Waals surface area contributed by atoms with E-state index in [2.05, 4.69) is 44.3 Å². The quantitative estimate of drug-likeness (QED) is 0.193. The Morgan fingerprint density at radius 2 is 1.82 bits per heavy atom. The fourth-order valence-corrected chi connectivity index (χ4v) is 6.64. The maximum atomic E-state index is 13.9. The Labute approximate surface area is 236 Å². The van der Waals surface area contributed by atoms with Crippen LogP contribution in [-0.4, -0.2) is 49.1 Å². The van der Waals surface area contributed by atoms with Crippen LogP contribution in [0.1, 0.15) is 43.6 Å². The molecular weight excluding hydrogens is 550 g/mol. The molecule has 0 saturated carbocycles. The molecule has 40 heavy (non-hydrogen) atoms. The summed E-state index contributed by atoms with van der Waals surface area (Å²) in [5.41, 5.74) is 2.21. The molecule has 3 aromatic rings. The zero-order valence-corrected chi connectivity index (χ0v) is 25.3. The largest absolute Gasteiger partial charge is 0.415 e. The van der Waals surface area contributed by atoms with Gasteiger partial charge in [0, 0.05) is 30.8 Å². The zero-order valence-electron chi connectivity index (χ0n) is 23.5. The molecule has 0 amide bonds. The van der Waals surface area contributed by atoms with Crippen molar-refractivity contribution in [2.45, 2.75) is 69.5 Å². The van der Waals surface area contributed by atoms with E-state index in [0.717, 1.165) is 21.3 Å². The highest BCUT2D eigenvalue weighted by molar-refractivity contribution is 7.89. The number of nitro groups is 1. The molecule has 1 N–H and O–H groups in total. The van der Waals surface area contributed by atoms with E-state index in [1.54, 1.807) is 6.20 Å². The fraction of sp³-hybridized carbons (Fsp3) is 0.444. The first-order valence-electron chi connectivity index (χ1n) is 13.2. The summed E-state index contributed by atoms with van der Waals surface area (Å²) in [5.74, 6) is 0. The number of hydrogen-bond donors (Lipinski definition) is 1. The van der Waals surface area contributed by atoms with Crippen molar-refractivity contribution in [3.63, 3.8) is 0 Å². The van der Waals surface area contributed by atoms with Gasteiger partial charge in [0.05, 0.1) is 47.5 Å². The maximum absolute atomic E-state index is 13.9. The van der Waals surface area contributed by atoms with Gasteiger partial charge in [-0.25, -0.2) is 8.42 Å². The number of non-ortho nitro benzene ring substituents is 1. The third-order valence-electron chi connectivity index (χ3n) is 7.58. The van der Waals surface area contributed by atoms with Gasteiger partial charge in [0.2, 0.25) is 0 Å². The SMILES string of the molecule is CC(C)(C)[Si](C)(C)OCCn1ncc2c1CNCC2N(OCc1ccccc1)S(=O)(=O)c1ccc([N+](=O)[O-])cc1. The lowest BCUT2D eigenvalue weighted by atomic mass is 10.1. The van der Waals surface area contributed by atoms with Gasteiger partial charge in [0.1, 0.15) is 0 Å². The number of benzene rings is 2. The summed E-state index contributed by atoms with van der Waals surface area (Å²) >= 11 is 0. The molecule has 0 radical (unpaired) electrons. The van der Waals surface area contributed by atoms with Crippen LogP contribution in [-0.2, 0) is 39.0 Å². The second-order valence-corrected chi connectivity index (χ2v) is 17.9. The number of sulfonamides is 1. The van der Waals surface area contributed by atoms with Gasteiger partial charge in [-0.3, -0.25) is 19.6 Å². The number of hydroxylamine groups is 1. The van der Waals surface area contributed by atoms with Crippen molar-refractivity contribution in [3.8, 4) is 0 Å². The molecule has 13 heteroatoms. The molecule has 2 aromatic carbocycles. The van der Waals surface area contributed by atoms with E-state index in [-0.39, 0.29) is 22.2 Å². The molecule has 2 heterocycles. The van der Waals surface area contributed by atoms with Crippen LogP contribution >= 0.6 is 0 Å². The average Bonchev–Trinajstić information content (AvgIpc) is 3.32. The molecule has 4 rings (SSSR count). The van der Waals surface area contributed by atoms with E-state index in [1.165, 1.54) is 24.3 Å². The molecule has 0 fully saturated rings. The summed E-state index contributed by atoms with van der Waals surface area (Å²) in [4.78, 5) is 16.5. The fourth-order valence-electron chi connectivity index (χ4n) is 4.20. The molecule has 1 aliphatic heterocycles. The van der Waals surface area contributed by atoms with Crippen LogP contribution in [0.5, 0.6) is 0 Å². The number of hydrogen-bond acceptors (Lipinski definition) is 8. The van der Waals surface area contributed by atoms with Crippen molar-refractivity contribution in [1.29, 1.82) is 0 Å². The number of fused-ring (bicyclic) bond motifs is 1. The average molecular weight is 588 g/mol. The summed E-state index contributed by atoms with van der Waals surface area (Å²) in [7, 11) is -6.14. The Bertz CT molecular complexity index is 1420. The molecular formula is C27H37N5O6SSi. The number of nitrogens with zero attached hydrogens (tertiary/aromatic N) is 4. The van der Waals surface area contributed by atoms with Crippen LogP contribution in [0, 0.1) is 10.1 Å². The Balaban J connectivity index is 1.62. The van der Waals surface area contributed by atoms with E-state index in [4.69, 9.17) is 9.26 Å². The number of rotatable bonds is 11. The summed E-state index contributed by atoms with van der Waals surface area (Å²) < 4.78 is 37.0. The van der Waals surface area contributed by atoms with Crippen molar-refractivity contribution in [2.24, 2.45) is 0 Å². The summed E-state index contributed by atoms with van der Waals surface area (Å²) in [5, 5.41) is 19.1. The summed E-state index contributed by atoms with van der Waals surface area (Å²) in [6, 6.07) is 13.4. The monoisotopic (exact) mass is 587 g/mol. The maximum Gasteiger partial charge on any atom is 0.269 e. The molecule has 0 saturated heterocycles. The first kappa shape index (κ1) is 30.0. The van der Waals surface area contributed by atoms with E-state index < -0.39 is 29.3 Å². The lowest BCUT2D eigenvalue weighted by molar-refractivity contribution is -0.384. The van der Waals surface area contributed by atoms with Gasteiger partial charge in [0.25, 0.3) is 15.7 Å². The van der Waals surface area contributed by atoms with Gasteiger partial charge in [-0.15, -0.1) is 0 Å². The highest BCUT2D eigenvalue weighted by Crippen LogP contribution is 2.37. The Morgan fingerprint density at radius 1 is 1.15 bits per heavy atom. The smallest absolute Gasteiger partial charge is 0.269 e. The van der Waals surface area contributed by atoms with Crippen molar-refractivity contribution < 1.29 is 22.6 Å². The Kier molecular flexibility index (Phi) is 8.92. The predicted octanol–water partition coefficient (Wildman–Crippen LogP) is 4.78. The van der Waals surface area contributed by atoms with Crippen molar-refractivity contribution >= 4 is 24.0 Å². The minimum Gasteiger partial charge on any atom is -0.415 e. The normalized spacial score (nSPS) is 16.2. The zero-order chi connectivity index (χ0) is 29.1. The minimum atomic E-state index is -4.21. The van der Waals surface area contributed by atoms with Gasteiger partial charge < -0.3 is 9.74 Å². The standard InChI is InChI=1S/C27H37N5O6SSi/c1-27(2,3)40(4,5)38-16-15-30-25-18-28-19-26(24(25)17-29-30)32(37-20-21-9-7-6-8-10-21)39(35,36)23-13-11-22(12-14-23)31(33)34/h6-14,17,26,28H,15-16,18-20H2,1-5H3. The van der Waals surface area contributed by atoms with Crippen molar-refractivity contribution in [2.75, 3.05) is 13.2 Å². The molecule has 0 aliphatic carbocycles. The second kappa shape index (κ2) is 11.9. The van der Waals surface area contributed by atoms with Crippen LogP contribution in [0.4, 0.5) is 5.69 Å². The molecule has 0 spiro atoms. The summed E-state index contributed by atoms with van der Waals surface area (Å²) in [6.45, 7) is 12.9. The molecule has 216 valence electrons. The van der Waals surface area contributed by atoms with E-state index in [0.29, 0.717) is 26.2 Å². The van der Waals surface area contributed by atoms with Crippen molar-refractivity contribution in [3.05, 3.63) is 87.7 Å². The highest BCUT2D eigenvalue weighted by Gasteiger charge is 2.39. The van der Waals surface area contributed by atoms with Gasteiger partial charge in [-0.05, 0) is 35.8 Å². The van der Waals surface area contributed by atoms with Crippen LogP contribution in [0.15, 0.2) is 65.7 Å². The van der Waals surface area contributed by atoms with E-state index >= 15 is 0 Å². The highest BCUT2D eigenvalue weighted by atomic mass is 32.2. The third-order valence-corrected chi connectivity index (χ3v) is 13.8. The Morgan fingerprint density at radius 3 is 2.45 bits per heavy atom. The molecule has 1 atom stereocenters. The summed E-state index contributed by atoms with van der Waals surface area (Å²) in [6.07, 6.45) is 1.69. The lowest BCUT2D eigenvalue weighted by Gasteiger charge is -2.36. The molecule has 1 unspecified atom stereocenters. The van der Waals surface area contributed by atoms with Gasteiger partial charge >= 0.3 is 0 Å². The predicted molar refractivity (Wildman–Crippen MR) is 153 cm³/mol. The van der Waals surface area contributed by atoms with Crippen LogP contribution in [0.2, 0.25) is 18.1 Å². The first-order valence-corrected chi connectivity index (χ1v) is 17.5. The molecule has 0 bridgehead atoms. The number of nitro benzene ring substituents is 1. The van der Waals surface area contributed by atoms with Crippen LogP contribution in [0.3, 0.4) is 0 Å². The topological polar surface area (TPSA) is 129 Å². The first-order chi connectivity index (χ1) is 18.8. The van der Waals surface area contributed by atoms with Crippen LogP contribution in [0.25, 0.3) is 0 Å². The van der Waals surface area contributed by atoms with Gasteiger partial charge in [-0.2, -0.15) is 5.10 Å². The van der Waals surface area contributed by atoms with Crippen LogP contribution < -0.4 is 5.32 Å². The van der Waals surface area contributed by atoms with E-state index in [9.17, 15) is 18.5 Å². The molecule has 1 aromatic heterocycles. The van der Waals surface area contributed by atoms with Gasteiger partial charge in [0.15, 0.2) is 8.32 Å². The third kappa shape index (κ3) is 6.51. The second-order valence-electron chi connectivity index (χ2n) is 11.3. The minimum absolute atomic E-state index is 0.0212. The Hall–Kier alpha value is -2.94. The lowest BCUT2D eigenvalue weighted by Crippen LogP contribution is -2.43. The van der Waals surface area contributed by atoms with E-state index in [1.807, 2.05) is 35.0 Å². The number of aromatic nitrogens is 2. The molecule has 1 aliphatic rings. The van der Waals surface area contributed by atoms with Crippen molar-refractivity contribution in [1.82, 2.24) is 19.6 Å².